The largest absolute Gasteiger partial charge is 0.357 e. The van der Waals surface area contributed by atoms with Gasteiger partial charge in [-0.1, -0.05) is 26.0 Å². The van der Waals surface area contributed by atoms with Crippen molar-refractivity contribution in [2.45, 2.75) is 51.5 Å². The Kier molecular flexibility index (Phi) is 9.08. The Balaban J connectivity index is 1.86. The second-order valence-electron chi connectivity index (χ2n) is 8.80. The molecule has 1 amide bonds. The number of halogens is 1. The van der Waals surface area contributed by atoms with Crippen LogP contribution in [-0.2, 0) is 10.2 Å². The SMILES string of the molecule is CCNC(=NCC(C)(C)c1cccc(F)c1)NCCCN1CCCC1C(=O)N(C)C. The number of aliphatic imine (C=N–C) groups is 1. The van der Waals surface area contributed by atoms with E-state index in [1.807, 2.05) is 27.1 Å². The summed E-state index contributed by atoms with van der Waals surface area (Å²) in [5.41, 5.74) is 0.674. The molecule has 1 aliphatic rings. The van der Waals surface area contributed by atoms with Crippen LogP contribution in [0.25, 0.3) is 0 Å². The lowest BCUT2D eigenvalue weighted by atomic mass is 9.85. The normalized spacial score (nSPS) is 17.8. The van der Waals surface area contributed by atoms with Gasteiger partial charge in [0.25, 0.3) is 0 Å². The van der Waals surface area contributed by atoms with Crippen molar-refractivity contribution in [3.8, 4) is 0 Å². The van der Waals surface area contributed by atoms with Crippen LogP contribution in [0.5, 0.6) is 0 Å². The zero-order chi connectivity index (χ0) is 22.1. The molecule has 2 rings (SSSR count). The average Bonchev–Trinajstić information content (AvgIpc) is 3.17. The number of carbonyl (C=O) groups is 1. The molecule has 1 saturated heterocycles. The predicted molar refractivity (Wildman–Crippen MR) is 121 cm³/mol. The maximum Gasteiger partial charge on any atom is 0.239 e. The van der Waals surface area contributed by atoms with Gasteiger partial charge in [0.15, 0.2) is 5.96 Å². The summed E-state index contributed by atoms with van der Waals surface area (Å²) in [6.45, 7) is 10.2. The molecule has 1 fully saturated rings. The lowest BCUT2D eigenvalue weighted by molar-refractivity contribution is -0.133. The zero-order valence-corrected chi connectivity index (χ0v) is 19.2. The van der Waals surface area contributed by atoms with E-state index in [4.69, 9.17) is 4.99 Å². The molecule has 0 aromatic heterocycles. The summed E-state index contributed by atoms with van der Waals surface area (Å²) >= 11 is 0. The van der Waals surface area contributed by atoms with Gasteiger partial charge in [0.2, 0.25) is 5.91 Å². The summed E-state index contributed by atoms with van der Waals surface area (Å²) in [5.74, 6) is 0.752. The summed E-state index contributed by atoms with van der Waals surface area (Å²) in [5, 5.41) is 6.67. The topological polar surface area (TPSA) is 60.0 Å². The van der Waals surface area contributed by atoms with Gasteiger partial charge in [-0.05, 0) is 50.4 Å². The lowest BCUT2D eigenvalue weighted by Crippen LogP contribution is -2.44. The van der Waals surface area contributed by atoms with Crippen LogP contribution in [0.1, 0.15) is 45.6 Å². The Morgan fingerprint density at radius 2 is 2.10 bits per heavy atom. The molecule has 30 heavy (non-hydrogen) atoms. The first kappa shape index (κ1) is 24.1. The van der Waals surface area contributed by atoms with E-state index in [0.29, 0.717) is 6.54 Å². The van der Waals surface area contributed by atoms with E-state index in [1.54, 1.807) is 17.0 Å². The fraction of sp³-hybridized carbons (Fsp3) is 0.652. The van der Waals surface area contributed by atoms with Crippen LogP contribution in [0, 0.1) is 5.82 Å². The van der Waals surface area contributed by atoms with Gasteiger partial charge in [-0.15, -0.1) is 0 Å². The smallest absolute Gasteiger partial charge is 0.239 e. The third kappa shape index (κ3) is 6.97. The molecule has 7 heteroatoms. The number of nitrogens with one attached hydrogen (secondary N) is 2. The molecule has 1 aromatic carbocycles. The molecule has 1 heterocycles. The Labute approximate surface area is 180 Å². The minimum Gasteiger partial charge on any atom is -0.357 e. The summed E-state index contributed by atoms with van der Waals surface area (Å²) in [6, 6.07) is 6.75. The maximum atomic E-state index is 13.6. The van der Waals surface area contributed by atoms with E-state index in [1.165, 1.54) is 6.07 Å². The zero-order valence-electron chi connectivity index (χ0n) is 19.2. The first-order valence-electron chi connectivity index (χ1n) is 11.0. The van der Waals surface area contributed by atoms with Gasteiger partial charge in [-0.25, -0.2) is 4.39 Å². The van der Waals surface area contributed by atoms with E-state index in [9.17, 15) is 9.18 Å². The van der Waals surface area contributed by atoms with Gasteiger partial charge in [0.1, 0.15) is 5.82 Å². The molecule has 168 valence electrons. The molecule has 2 N–H and O–H groups in total. The number of rotatable bonds is 9. The number of likely N-dealkylation sites (N-methyl/N-ethyl adjacent to an activating group) is 1. The number of benzene rings is 1. The van der Waals surface area contributed by atoms with Crippen LogP contribution in [0.15, 0.2) is 29.3 Å². The maximum absolute atomic E-state index is 13.6. The van der Waals surface area contributed by atoms with Gasteiger partial charge in [0, 0.05) is 39.1 Å². The van der Waals surface area contributed by atoms with Crippen molar-refractivity contribution in [2.75, 3.05) is 46.8 Å². The fourth-order valence-corrected chi connectivity index (χ4v) is 3.78. The van der Waals surface area contributed by atoms with Gasteiger partial charge < -0.3 is 15.5 Å². The third-order valence-corrected chi connectivity index (χ3v) is 5.59. The Bertz CT molecular complexity index is 719. The van der Waals surface area contributed by atoms with E-state index in [2.05, 4.69) is 29.4 Å². The summed E-state index contributed by atoms with van der Waals surface area (Å²) < 4.78 is 13.6. The Morgan fingerprint density at radius 1 is 1.33 bits per heavy atom. The minimum absolute atomic E-state index is 0.0222. The van der Waals surface area contributed by atoms with E-state index in [-0.39, 0.29) is 23.2 Å². The molecule has 1 unspecified atom stereocenters. The molecular weight excluding hydrogens is 381 g/mol. The van der Waals surface area contributed by atoms with Crippen LogP contribution in [0.4, 0.5) is 4.39 Å². The van der Waals surface area contributed by atoms with Crippen molar-refractivity contribution in [1.29, 1.82) is 0 Å². The number of hydrogen-bond acceptors (Lipinski definition) is 3. The number of likely N-dealkylation sites (tertiary alicyclic amines) is 1. The van der Waals surface area contributed by atoms with Gasteiger partial charge in [0.05, 0.1) is 12.6 Å². The van der Waals surface area contributed by atoms with Crippen molar-refractivity contribution in [1.82, 2.24) is 20.4 Å². The summed E-state index contributed by atoms with van der Waals surface area (Å²) in [4.78, 5) is 21.0. The Morgan fingerprint density at radius 3 is 2.77 bits per heavy atom. The Hall–Kier alpha value is -2.15. The van der Waals surface area contributed by atoms with E-state index < -0.39 is 0 Å². The monoisotopic (exact) mass is 419 g/mol. The molecule has 6 nitrogen and oxygen atoms in total. The van der Waals surface area contributed by atoms with Crippen LogP contribution < -0.4 is 10.6 Å². The molecule has 0 aliphatic carbocycles. The predicted octanol–water partition coefficient (Wildman–Crippen LogP) is 2.60. The van der Waals surface area contributed by atoms with Crippen LogP contribution in [0.2, 0.25) is 0 Å². The number of carbonyl (C=O) groups excluding carboxylic acids is 1. The number of guanidine groups is 1. The van der Waals surface area contributed by atoms with Gasteiger partial charge in [-0.3, -0.25) is 14.7 Å². The second-order valence-corrected chi connectivity index (χ2v) is 8.80. The average molecular weight is 420 g/mol. The lowest BCUT2D eigenvalue weighted by Gasteiger charge is -2.26. The first-order chi connectivity index (χ1) is 14.2. The molecule has 0 radical (unpaired) electrons. The molecular formula is C23H38FN5O. The molecule has 0 bridgehead atoms. The number of hydrogen-bond donors (Lipinski definition) is 2. The van der Waals surface area contributed by atoms with Crippen molar-refractivity contribution >= 4 is 11.9 Å². The van der Waals surface area contributed by atoms with Crippen molar-refractivity contribution in [3.63, 3.8) is 0 Å². The number of amides is 1. The van der Waals surface area contributed by atoms with Crippen LogP contribution in [-0.4, -0.2) is 74.5 Å². The highest BCUT2D eigenvalue weighted by atomic mass is 19.1. The minimum atomic E-state index is -0.264. The molecule has 0 spiro atoms. The van der Waals surface area contributed by atoms with Crippen molar-refractivity contribution in [2.24, 2.45) is 4.99 Å². The highest BCUT2D eigenvalue weighted by Gasteiger charge is 2.31. The summed E-state index contributed by atoms with van der Waals surface area (Å²) in [7, 11) is 3.65. The molecule has 0 saturated carbocycles. The quantitative estimate of drug-likeness (QED) is 0.367. The highest BCUT2D eigenvalue weighted by Crippen LogP contribution is 2.24. The molecule has 1 aliphatic heterocycles. The van der Waals surface area contributed by atoms with Crippen molar-refractivity contribution < 1.29 is 9.18 Å². The van der Waals surface area contributed by atoms with Crippen LogP contribution in [0.3, 0.4) is 0 Å². The standard InChI is InChI=1S/C23H38FN5O/c1-6-25-22(27-17-23(2,3)18-10-7-11-19(24)16-18)26-13-9-15-29-14-8-12-20(29)21(30)28(4)5/h7,10-11,16,20H,6,8-9,12-15,17H2,1-5H3,(H2,25,26,27). The van der Waals surface area contributed by atoms with Gasteiger partial charge in [-0.2, -0.15) is 0 Å². The van der Waals surface area contributed by atoms with E-state index >= 15 is 0 Å². The third-order valence-electron chi connectivity index (χ3n) is 5.59. The van der Waals surface area contributed by atoms with Crippen molar-refractivity contribution in [3.05, 3.63) is 35.6 Å². The van der Waals surface area contributed by atoms with E-state index in [0.717, 1.165) is 57.0 Å². The fourth-order valence-electron chi connectivity index (χ4n) is 3.78. The van der Waals surface area contributed by atoms with Gasteiger partial charge >= 0.3 is 0 Å². The van der Waals surface area contributed by atoms with Crippen LogP contribution >= 0.6 is 0 Å². The second kappa shape index (κ2) is 11.3. The molecule has 1 aromatic rings. The highest BCUT2D eigenvalue weighted by molar-refractivity contribution is 5.81. The summed E-state index contributed by atoms with van der Waals surface area (Å²) in [6.07, 6.45) is 2.97. The first-order valence-corrected chi connectivity index (χ1v) is 11.0. The number of nitrogens with zero attached hydrogens (tertiary/aromatic N) is 3. The molecule has 1 atom stereocenters.